The van der Waals surface area contributed by atoms with E-state index in [9.17, 15) is 4.79 Å². The summed E-state index contributed by atoms with van der Waals surface area (Å²) < 4.78 is 5.61. The number of halogens is 1. The van der Waals surface area contributed by atoms with Gasteiger partial charge in [-0.3, -0.25) is 4.79 Å². The second kappa shape index (κ2) is 11.4. The first-order valence-corrected chi connectivity index (χ1v) is 8.40. The van der Waals surface area contributed by atoms with Gasteiger partial charge in [-0.05, 0) is 37.7 Å². The molecule has 0 bridgehead atoms. The standard InChI is InChI=1S/C18H28N2O2.ClH/c19-17-9-4-8-16(14-17)18(21)20-11-5-12-22-13-10-15-6-2-1-3-7-15;/h1-3,6-7,16-17H,4-5,8-14,19H2,(H,20,21);1H. The van der Waals surface area contributed by atoms with Crippen molar-refractivity contribution in [3.05, 3.63) is 35.9 Å². The molecular formula is C18H29ClN2O2. The Labute approximate surface area is 145 Å². The average molecular weight is 341 g/mol. The van der Waals surface area contributed by atoms with Crippen LogP contribution in [0.4, 0.5) is 0 Å². The van der Waals surface area contributed by atoms with Gasteiger partial charge in [0.2, 0.25) is 5.91 Å². The summed E-state index contributed by atoms with van der Waals surface area (Å²) in [5, 5.41) is 3.01. The summed E-state index contributed by atoms with van der Waals surface area (Å²) in [6.07, 6.45) is 5.74. The van der Waals surface area contributed by atoms with Crippen LogP contribution in [-0.2, 0) is 16.0 Å². The van der Waals surface area contributed by atoms with Crippen molar-refractivity contribution in [3.63, 3.8) is 0 Å². The minimum Gasteiger partial charge on any atom is -0.381 e. The van der Waals surface area contributed by atoms with Gasteiger partial charge in [0.05, 0.1) is 6.61 Å². The number of hydrogen-bond donors (Lipinski definition) is 2. The summed E-state index contributed by atoms with van der Waals surface area (Å²) in [5.41, 5.74) is 7.22. The largest absolute Gasteiger partial charge is 0.381 e. The quantitative estimate of drug-likeness (QED) is 0.715. The van der Waals surface area contributed by atoms with Crippen LogP contribution in [-0.4, -0.2) is 31.7 Å². The van der Waals surface area contributed by atoms with Crippen molar-refractivity contribution in [3.8, 4) is 0 Å². The fraction of sp³-hybridized carbons (Fsp3) is 0.611. The average Bonchev–Trinajstić information content (AvgIpc) is 2.54. The molecule has 1 saturated carbocycles. The zero-order valence-electron chi connectivity index (χ0n) is 13.7. The summed E-state index contributed by atoms with van der Waals surface area (Å²) in [5.74, 6) is 0.280. The van der Waals surface area contributed by atoms with Crippen LogP contribution in [0.5, 0.6) is 0 Å². The summed E-state index contributed by atoms with van der Waals surface area (Å²) in [6.45, 7) is 2.11. The second-order valence-corrected chi connectivity index (χ2v) is 6.12. The molecule has 3 N–H and O–H groups in total. The van der Waals surface area contributed by atoms with E-state index in [4.69, 9.17) is 10.5 Å². The Morgan fingerprint density at radius 3 is 2.74 bits per heavy atom. The van der Waals surface area contributed by atoms with E-state index in [-0.39, 0.29) is 30.3 Å². The number of amides is 1. The van der Waals surface area contributed by atoms with Crippen LogP contribution in [0.15, 0.2) is 30.3 Å². The summed E-state index contributed by atoms with van der Waals surface area (Å²) in [7, 11) is 0. The fourth-order valence-corrected chi connectivity index (χ4v) is 2.93. The van der Waals surface area contributed by atoms with E-state index < -0.39 is 0 Å². The van der Waals surface area contributed by atoms with Gasteiger partial charge in [0.1, 0.15) is 0 Å². The van der Waals surface area contributed by atoms with Crippen molar-refractivity contribution in [1.82, 2.24) is 5.32 Å². The van der Waals surface area contributed by atoms with Gasteiger partial charge in [-0.2, -0.15) is 0 Å². The number of ether oxygens (including phenoxy) is 1. The third-order valence-electron chi connectivity index (χ3n) is 4.23. The minimum atomic E-state index is 0. The van der Waals surface area contributed by atoms with E-state index >= 15 is 0 Å². The molecule has 1 amide bonds. The molecule has 1 aliphatic rings. The minimum absolute atomic E-state index is 0. The number of carbonyl (C=O) groups is 1. The van der Waals surface area contributed by atoms with Gasteiger partial charge in [-0.15, -0.1) is 12.4 Å². The van der Waals surface area contributed by atoms with E-state index in [0.29, 0.717) is 13.2 Å². The molecule has 2 rings (SSSR count). The van der Waals surface area contributed by atoms with E-state index in [0.717, 1.165) is 45.1 Å². The van der Waals surface area contributed by atoms with Crippen molar-refractivity contribution in [2.75, 3.05) is 19.8 Å². The molecule has 0 aliphatic heterocycles. The Hall–Kier alpha value is -1.10. The topological polar surface area (TPSA) is 64.4 Å². The highest BCUT2D eigenvalue weighted by Crippen LogP contribution is 2.22. The molecule has 0 heterocycles. The SMILES string of the molecule is Cl.NC1CCCC(C(=O)NCCCOCCc2ccccc2)C1. The Bertz CT molecular complexity index is 442. The van der Waals surface area contributed by atoms with Crippen LogP contribution in [0.1, 0.15) is 37.7 Å². The van der Waals surface area contributed by atoms with Gasteiger partial charge in [-0.1, -0.05) is 36.8 Å². The van der Waals surface area contributed by atoms with Crippen molar-refractivity contribution in [2.24, 2.45) is 11.7 Å². The van der Waals surface area contributed by atoms with Crippen LogP contribution in [0.25, 0.3) is 0 Å². The Morgan fingerprint density at radius 2 is 2.00 bits per heavy atom. The maximum absolute atomic E-state index is 12.0. The van der Waals surface area contributed by atoms with Gasteiger partial charge in [0.15, 0.2) is 0 Å². The van der Waals surface area contributed by atoms with Gasteiger partial charge < -0.3 is 15.8 Å². The monoisotopic (exact) mass is 340 g/mol. The van der Waals surface area contributed by atoms with Crippen molar-refractivity contribution >= 4 is 18.3 Å². The second-order valence-electron chi connectivity index (χ2n) is 6.12. The molecule has 1 fully saturated rings. The first-order valence-electron chi connectivity index (χ1n) is 8.40. The maximum atomic E-state index is 12.0. The number of hydrogen-bond acceptors (Lipinski definition) is 3. The summed E-state index contributed by atoms with van der Waals surface area (Å²) in [4.78, 5) is 12.0. The molecule has 0 spiro atoms. The van der Waals surface area contributed by atoms with E-state index in [1.54, 1.807) is 0 Å². The molecule has 0 radical (unpaired) electrons. The Morgan fingerprint density at radius 1 is 1.22 bits per heavy atom. The molecule has 2 unspecified atom stereocenters. The van der Waals surface area contributed by atoms with Crippen LogP contribution in [0, 0.1) is 5.92 Å². The third kappa shape index (κ3) is 7.82. The van der Waals surface area contributed by atoms with Gasteiger partial charge in [0.25, 0.3) is 0 Å². The lowest BCUT2D eigenvalue weighted by Crippen LogP contribution is -2.38. The number of carbonyl (C=O) groups excluding carboxylic acids is 1. The van der Waals surface area contributed by atoms with Crippen LogP contribution in [0.2, 0.25) is 0 Å². The number of nitrogens with one attached hydrogen (secondary N) is 1. The molecule has 5 heteroatoms. The smallest absolute Gasteiger partial charge is 0.223 e. The first-order chi connectivity index (χ1) is 10.8. The molecule has 23 heavy (non-hydrogen) atoms. The Kier molecular flexibility index (Phi) is 9.92. The molecule has 1 aromatic carbocycles. The fourth-order valence-electron chi connectivity index (χ4n) is 2.93. The van der Waals surface area contributed by atoms with E-state index in [1.807, 2.05) is 18.2 Å². The number of rotatable bonds is 8. The van der Waals surface area contributed by atoms with Crippen molar-refractivity contribution in [1.29, 1.82) is 0 Å². The molecule has 1 aliphatic carbocycles. The predicted molar refractivity (Wildman–Crippen MR) is 95.8 cm³/mol. The van der Waals surface area contributed by atoms with Crippen LogP contribution in [0.3, 0.4) is 0 Å². The highest BCUT2D eigenvalue weighted by Gasteiger charge is 2.24. The molecule has 0 saturated heterocycles. The van der Waals surface area contributed by atoms with Crippen molar-refractivity contribution in [2.45, 2.75) is 44.6 Å². The molecule has 4 nitrogen and oxygen atoms in total. The number of benzene rings is 1. The Balaban J connectivity index is 0.00000264. The van der Waals surface area contributed by atoms with Crippen molar-refractivity contribution < 1.29 is 9.53 Å². The zero-order chi connectivity index (χ0) is 15.6. The molecular weight excluding hydrogens is 312 g/mol. The third-order valence-corrected chi connectivity index (χ3v) is 4.23. The van der Waals surface area contributed by atoms with Crippen LogP contribution >= 0.6 is 12.4 Å². The highest BCUT2D eigenvalue weighted by atomic mass is 35.5. The highest BCUT2D eigenvalue weighted by molar-refractivity contribution is 5.85. The van der Waals surface area contributed by atoms with Gasteiger partial charge in [0, 0.05) is 25.1 Å². The zero-order valence-corrected chi connectivity index (χ0v) is 14.5. The lowest BCUT2D eigenvalue weighted by Gasteiger charge is -2.25. The van der Waals surface area contributed by atoms with E-state index in [1.165, 1.54) is 5.56 Å². The number of nitrogens with two attached hydrogens (primary N) is 1. The normalized spacial score (nSPS) is 20.6. The van der Waals surface area contributed by atoms with E-state index in [2.05, 4.69) is 17.4 Å². The van der Waals surface area contributed by atoms with Gasteiger partial charge >= 0.3 is 0 Å². The lowest BCUT2D eigenvalue weighted by atomic mass is 9.85. The lowest BCUT2D eigenvalue weighted by molar-refractivity contribution is -0.126. The van der Waals surface area contributed by atoms with Crippen LogP contribution < -0.4 is 11.1 Å². The summed E-state index contributed by atoms with van der Waals surface area (Å²) in [6, 6.07) is 10.5. The van der Waals surface area contributed by atoms with Gasteiger partial charge in [-0.25, -0.2) is 0 Å². The molecule has 130 valence electrons. The molecule has 0 aromatic heterocycles. The maximum Gasteiger partial charge on any atom is 0.223 e. The first kappa shape index (κ1) is 19.9. The summed E-state index contributed by atoms with van der Waals surface area (Å²) >= 11 is 0. The molecule has 1 aromatic rings. The molecule has 2 atom stereocenters. The predicted octanol–water partition coefficient (Wildman–Crippen LogP) is 2.69.